The quantitative estimate of drug-likeness (QED) is 0.298. The molecule has 0 unspecified atom stereocenters. The Bertz CT molecular complexity index is 1250. The monoisotopic (exact) mass is 481 g/mol. The maximum absolute atomic E-state index is 13.7. The second-order valence-corrected chi connectivity index (χ2v) is 10.1. The third-order valence-corrected chi connectivity index (χ3v) is 7.98. The lowest BCUT2D eigenvalue weighted by Gasteiger charge is -2.49. The minimum atomic E-state index is 0.155. The lowest BCUT2D eigenvalue weighted by Crippen LogP contribution is -2.62. The summed E-state index contributed by atoms with van der Waals surface area (Å²) in [7, 11) is 0. The summed E-state index contributed by atoms with van der Waals surface area (Å²) in [5.74, 6) is 0.155. The molecule has 3 aromatic carbocycles. The van der Waals surface area contributed by atoms with Crippen molar-refractivity contribution in [1.29, 1.82) is 0 Å². The van der Waals surface area contributed by atoms with Gasteiger partial charge >= 0.3 is 0 Å². The number of aryl methyl sites for hydroxylation is 1. The molecule has 0 saturated carbocycles. The summed E-state index contributed by atoms with van der Waals surface area (Å²) < 4.78 is 1.02. The van der Waals surface area contributed by atoms with Crippen molar-refractivity contribution >= 4 is 16.7 Å². The molecule has 1 amide bonds. The lowest BCUT2D eigenvalue weighted by molar-refractivity contribution is -0.961. The number of aromatic nitrogens is 2. The van der Waals surface area contributed by atoms with Gasteiger partial charge in [0.2, 0.25) is 0 Å². The van der Waals surface area contributed by atoms with E-state index in [2.05, 4.69) is 70.3 Å². The van der Waals surface area contributed by atoms with Gasteiger partial charge in [0, 0.05) is 12.0 Å². The number of rotatable bonds is 9. The molecule has 1 N–H and O–H groups in total. The first kappa shape index (κ1) is 24.3. The standard InChI is InChI=1S/C31H37N4O/c1-2-3-20-35(30(29-23-32-24-33-29)17-16-25-10-5-4-6-11-25)21-18-34(19-22-35)31(36)28-15-9-13-26-12-7-8-14-27(26)28/h4-15,23-24,30H,2-3,16-22H2,1H3,(H,32,33)/q+1/t30-/m0/s1. The number of aromatic amines is 1. The number of quaternary nitrogens is 1. The maximum Gasteiger partial charge on any atom is 0.254 e. The first-order chi connectivity index (χ1) is 17.7. The highest BCUT2D eigenvalue weighted by molar-refractivity contribution is 6.07. The van der Waals surface area contributed by atoms with E-state index < -0.39 is 0 Å². The number of hydrogen-bond donors (Lipinski definition) is 1. The van der Waals surface area contributed by atoms with Crippen LogP contribution in [0.3, 0.4) is 0 Å². The minimum absolute atomic E-state index is 0.155. The Hall–Kier alpha value is -3.44. The van der Waals surface area contributed by atoms with Crippen molar-refractivity contribution in [3.8, 4) is 0 Å². The molecule has 0 radical (unpaired) electrons. The number of carbonyl (C=O) groups is 1. The smallest absolute Gasteiger partial charge is 0.254 e. The molecule has 5 nitrogen and oxygen atoms in total. The number of benzene rings is 3. The van der Waals surface area contributed by atoms with E-state index in [1.165, 1.54) is 24.1 Å². The molecule has 1 aromatic heterocycles. The Labute approximate surface area is 214 Å². The van der Waals surface area contributed by atoms with E-state index in [0.717, 1.165) is 66.4 Å². The summed E-state index contributed by atoms with van der Waals surface area (Å²) in [5, 5.41) is 2.16. The fourth-order valence-electron chi connectivity index (χ4n) is 5.93. The van der Waals surface area contributed by atoms with E-state index >= 15 is 0 Å². The highest BCUT2D eigenvalue weighted by Crippen LogP contribution is 2.35. The van der Waals surface area contributed by atoms with Crippen LogP contribution < -0.4 is 0 Å². The van der Waals surface area contributed by atoms with Crippen molar-refractivity contribution in [2.45, 2.75) is 38.6 Å². The Morgan fingerprint density at radius 2 is 1.75 bits per heavy atom. The molecule has 186 valence electrons. The number of amides is 1. The average molecular weight is 482 g/mol. The number of carbonyl (C=O) groups excluding carboxylic acids is 1. The number of unbranched alkanes of at least 4 members (excludes halogenated alkanes) is 1. The number of nitrogens with zero attached hydrogens (tertiary/aromatic N) is 3. The van der Waals surface area contributed by atoms with Gasteiger partial charge in [0.25, 0.3) is 5.91 Å². The number of hydrogen-bond acceptors (Lipinski definition) is 2. The van der Waals surface area contributed by atoms with Crippen LogP contribution in [0.2, 0.25) is 0 Å². The van der Waals surface area contributed by atoms with Crippen LogP contribution in [0.1, 0.15) is 53.8 Å². The first-order valence-electron chi connectivity index (χ1n) is 13.4. The molecule has 1 fully saturated rings. The fourth-order valence-corrected chi connectivity index (χ4v) is 5.93. The number of imidazole rings is 1. The van der Waals surface area contributed by atoms with E-state index in [4.69, 9.17) is 0 Å². The van der Waals surface area contributed by atoms with E-state index in [1.807, 2.05) is 36.8 Å². The number of fused-ring (bicyclic) bond motifs is 1. The third-order valence-electron chi connectivity index (χ3n) is 7.98. The molecule has 0 spiro atoms. The van der Waals surface area contributed by atoms with Crippen molar-refractivity contribution in [2.24, 2.45) is 0 Å². The van der Waals surface area contributed by atoms with Crippen LogP contribution in [0.5, 0.6) is 0 Å². The fraction of sp³-hybridized carbons (Fsp3) is 0.355. The van der Waals surface area contributed by atoms with Crippen LogP contribution in [0, 0.1) is 0 Å². The maximum atomic E-state index is 13.7. The third kappa shape index (κ3) is 5.07. The molecule has 4 aromatic rings. The van der Waals surface area contributed by atoms with Crippen LogP contribution >= 0.6 is 0 Å². The zero-order valence-electron chi connectivity index (χ0n) is 21.3. The summed E-state index contributed by atoms with van der Waals surface area (Å²) in [6.45, 7) is 6.89. The van der Waals surface area contributed by atoms with Gasteiger partial charge in [-0.2, -0.15) is 0 Å². The summed E-state index contributed by atoms with van der Waals surface area (Å²) in [6.07, 6.45) is 8.28. The van der Waals surface area contributed by atoms with Crippen LogP contribution in [-0.4, -0.2) is 58.0 Å². The average Bonchev–Trinajstić information content (AvgIpc) is 3.47. The Morgan fingerprint density at radius 1 is 1.00 bits per heavy atom. The molecular formula is C31H37N4O+. The summed E-state index contributed by atoms with van der Waals surface area (Å²) >= 11 is 0. The first-order valence-corrected chi connectivity index (χ1v) is 13.4. The normalized spacial score (nSPS) is 16.2. The van der Waals surface area contributed by atoms with Gasteiger partial charge in [0.15, 0.2) is 0 Å². The van der Waals surface area contributed by atoms with Crippen molar-refractivity contribution in [3.05, 3.63) is 102 Å². The van der Waals surface area contributed by atoms with Gasteiger partial charge in [-0.1, -0.05) is 80.1 Å². The molecule has 1 aliphatic rings. The van der Waals surface area contributed by atoms with Crippen molar-refractivity contribution < 1.29 is 9.28 Å². The molecule has 0 bridgehead atoms. The highest BCUT2D eigenvalue weighted by Gasteiger charge is 2.42. The lowest BCUT2D eigenvalue weighted by atomic mass is 9.97. The van der Waals surface area contributed by atoms with Gasteiger partial charge in [0.05, 0.1) is 50.9 Å². The van der Waals surface area contributed by atoms with E-state index in [0.29, 0.717) is 6.04 Å². The topological polar surface area (TPSA) is 49.0 Å². The van der Waals surface area contributed by atoms with Crippen LogP contribution in [0.4, 0.5) is 0 Å². The molecule has 1 saturated heterocycles. The van der Waals surface area contributed by atoms with Gasteiger partial charge in [-0.05, 0) is 35.2 Å². The van der Waals surface area contributed by atoms with Crippen LogP contribution in [0.15, 0.2) is 85.3 Å². The molecule has 2 heterocycles. The van der Waals surface area contributed by atoms with Gasteiger partial charge in [-0.15, -0.1) is 0 Å². The van der Waals surface area contributed by atoms with Crippen LogP contribution in [0.25, 0.3) is 10.8 Å². The molecule has 0 aliphatic carbocycles. The highest BCUT2D eigenvalue weighted by atomic mass is 16.2. The number of H-pyrrole nitrogens is 1. The summed E-state index contributed by atoms with van der Waals surface area (Å²) in [5.41, 5.74) is 3.41. The van der Waals surface area contributed by atoms with Gasteiger partial charge in [-0.3, -0.25) is 4.79 Å². The Kier molecular flexibility index (Phi) is 7.47. The Morgan fingerprint density at radius 3 is 2.50 bits per heavy atom. The second-order valence-electron chi connectivity index (χ2n) is 10.1. The molecular weight excluding hydrogens is 444 g/mol. The molecule has 5 rings (SSSR count). The van der Waals surface area contributed by atoms with Crippen LogP contribution in [-0.2, 0) is 6.42 Å². The van der Waals surface area contributed by atoms with Gasteiger partial charge < -0.3 is 14.4 Å². The largest absolute Gasteiger partial charge is 0.344 e. The molecule has 36 heavy (non-hydrogen) atoms. The predicted octanol–water partition coefficient (Wildman–Crippen LogP) is 6.01. The van der Waals surface area contributed by atoms with Gasteiger partial charge in [-0.25, -0.2) is 4.98 Å². The zero-order valence-corrected chi connectivity index (χ0v) is 21.3. The van der Waals surface area contributed by atoms with E-state index in [-0.39, 0.29) is 5.91 Å². The molecule has 1 atom stereocenters. The predicted molar refractivity (Wildman–Crippen MR) is 146 cm³/mol. The summed E-state index contributed by atoms with van der Waals surface area (Å²) in [6, 6.07) is 25.4. The molecule has 1 aliphatic heterocycles. The Balaban J connectivity index is 1.38. The van der Waals surface area contributed by atoms with Gasteiger partial charge in [0.1, 0.15) is 6.04 Å². The summed E-state index contributed by atoms with van der Waals surface area (Å²) in [4.78, 5) is 23.6. The minimum Gasteiger partial charge on any atom is -0.344 e. The van der Waals surface area contributed by atoms with Crippen molar-refractivity contribution in [3.63, 3.8) is 0 Å². The zero-order chi connectivity index (χ0) is 24.8. The van der Waals surface area contributed by atoms with Crippen molar-refractivity contribution in [1.82, 2.24) is 14.9 Å². The number of piperazine rings is 1. The van der Waals surface area contributed by atoms with E-state index in [1.54, 1.807) is 0 Å². The number of nitrogens with one attached hydrogen (secondary N) is 1. The molecule has 5 heteroatoms. The SMILES string of the molecule is CCCC[N+]1([C@@H](CCc2ccccc2)c2cnc[nH]2)CCN(C(=O)c2cccc3ccccc23)CC1. The van der Waals surface area contributed by atoms with Crippen molar-refractivity contribution in [2.75, 3.05) is 32.7 Å². The second kappa shape index (κ2) is 11.1. The van der Waals surface area contributed by atoms with E-state index in [9.17, 15) is 4.79 Å².